The van der Waals surface area contributed by atoms with Crippen molar-refractivity contribution in [3.05, 3.63) is 22.2 Å². The molecule has 1 nitrogen and oxygen atoms in total. The molecule has 0 fully saturated rings. The second kappa shape index (κ2) is 2.84. The Morgan fingerprint density at radius 1 is 1.50 bits per heavy atom. The van der Waals surface area contributed by atoms with Crippen LogP contribution in [0.25, 0.3) is 0 Å². The zero-order chi connectivity index (χ0) is 7.72. The van der Waals surface area contributed by atoms with Gasteiger partial charge in [0.05, 0.1) is 0 Å². The lowest BCUT2D eigenvalue weighted by atomic mass is 10.2. The minimum absolute atomic E-state index is 0.726. The zero-order valence-electron chi connectivity index (χ0n) is 5.56. The maximum Gasteiger partial charge on any atom is 0.0453 e. The number of aryl methyl sites for hydroxylation is 1. The monoisotopic (exact) mass is 217 g/mol. The van der Waals surface area contributed by atoms with Crippen molar-refractivity contribution in [3.63, 3.8) is 0 Å². The van der Waals surface area contributed by atoms with E-state index in [1.807, 2.05) is 19.1 Å². The summed E-state index contributed by atoms with van der Waals surface area (Å²) in [5.74, 6) is 0. The van der Waals surface area contributed by atoms with Crippen molar-refractivity contribution in [2.24, 2.45) is 0 Å². The summed E-state index contributed by atoms with van der Waals surface area (Å²) in [5.41, 5.74) is 7.45. The first-order valence-electron chi connectivity index (χ1n) is 2.86. The molecule has 0 bridgehead atoms. The van der Waals surface area contributed by atoms with Crippen molar-refractivity contribution in [1.29, 1.82) is 0 Å². The molecule has 1 aromatic carbocycles. The molecule has 0 aliphatic heterocycles. The maximum absolute atomic E-state index is 5.59. The van der Waals surface area contributed by atoms with Gasteiger partial charge in [0.25, 0.3) is 0 Å². The molecule has 0 heterocycles. The minimum atomic E-state index is 0.726. The van der Waals surface area contributed by atoms with Crippen molar-refractivity contribution in [1.82, 2.24) is 0 Å². The molecule has 0 amide bonds. The molecule has 10 heavy (non-hydrogen) atoms. The number of hydrogen-bond acceptors (Lipinski definition) is 2. The number of rotatable bonds is 0. The summed E-state index contributed by atoms with van der Waals surface area (Å²) in [4.78, 5) is 0.817. The number of halogens is 1. The highest BCUT2D eigenvalue weighted by Gasteiger charge is 1.98. The normalized spacial score (nSPS) is 9.90. The Kier molecular flexibility index (Phi) is 2.26. The molecule has 0 saturated heterocycles. The van der Waals surface area contributed by atoms with Gasteiger partial charge in [0.2, 0.25) is 0 Å². The Balaban J connectivity index is 3.28. The molecule has 0 saturated carbocycles. The molecule has 0 aromatic heterocycles. The fraction of sp³-hybridized carbons (Fsp3) is 0.143. The predicted molar refractivity (Wildman–Crippen MR) is 50.5 cm³/mol. The van der Waals surface area contributed by atoms with Crippen molar-refractivity contribution >= 4 is 34.2 Å². The number of nitrogens with two attached hydrogens (primary N) is 1. The van der Waals surface area contributed by atoms with Gasteiger partial charge in [0.15, 0.2) is 0 Å². The summed E-state index contributed by atoms with van der Waals surface area (Å²) >= 11 is 7.54. The van der Waals surface area contributed by atoms with Crippen molar-refractivity contribution < 1.29 is 0 Å². The fourth-order valence-corrected chi connectivity index (χ4v) is 1.41. The van der Waals surface area contributed by atoms with E-state index in [4.69, 9.17) is 5.73 Å². The van der Waals surface area contributed by atoms with Gasteiger partial charge in [0, 0.05) is 15.1 Å². The lowest BCUT2D eigenvalue weighted by molar-refractivity contribution is 1.35. The van der Waals surface area contributed by atoms with E-state index >= 15 is 0 Å². The lowest BCUT2D eigenvalue weighted by Crippen LogP contribution is -1.88. The third-order valence-electron chi connectivity index (χ3n) is 1.31. The molecule has 3 heteroatoms. The number of benzene rings is 1. The van der Waals surface area contributed by atoms with E-state index in [-0.39, 0.29) is 0 Å². The van der Waals surface area contributed by atoms with Gasteiger partial charge in [-0.3, -0.25) is 0 Å². The van der Waals surface area contributed by atoms with Gasteiger partial charge in [-0.2, -0.15) is 0 Å². The fourth-order valence-electron chi connectivity index (χ4n) is 0.693. The molecule has 0 radical (unpaired) electrons. The summed E-state index contributed by atoms with van der Waals surface area (Å²) in [6.07, 6.45) is 0. The standard InChI is InChI=1S/C7H8BrNS/c1-4-2-6(9)7(10)3-5(4)8/h2-3,10H,9H2,1H3. The molecule has 2 N–H and O–H groups in total. The van der Waals surface area contributed by atoms with Crippen LogP contribution < -0.4 is 5.73 Å². The van der Waals surface area contributed by atoms with Crippen LogP contribution in [0.5, 0.6) is 0 Å². The van der Waals surface area contributed by atoms with Gasteiger partial charge >= 0.3 is 0 Å². The minimum Gasteiger partial charge on any atom is -0.398 e. The van der Waals surface area contributed by atoms with Gasteiger partial charge < -0.3 is 5.73 Å². The summed E-state index contributed by atoms with van der Waals surface area (Å²) < 4.78 is 1.05. The van der Waals surface area contributed by atoms with E-state index in [2.05, 4.69) is 28.6 Å². The zero-order valence-corrected chi connectivity index (χ0v) is 8.04. The third-order valence-corrected chi connectivity index (χ3v) is 2.55. The smallest absolute Gasteiger partial charge is 0.0453 e. The van der Waals surface area contributed by atoms with E-state index in [1.54, 1.807) is 0 Å². The highest BCUT2D eigenvalue weighted by Crippen LogP contribution is 2.25. The van der Waals surface area contributed by atoms with Crippen LogP contribution in [0.4, 0.5) is 5.69 Å². The van der Waals surface area contributed by atoms with Gasteiger partial charge in [-0.1, -0.05) is 15.9 Å². The number of thiol groups is 1. The van der Waals surface area contributed by atoms with Crippen LogP contribution in [0.15, 0.2) is 21.5 Å². The average molecular weight is 218 g/mol. The summed E-state index contributed by atoms with van der Waals surface area (Å²) in [7, 11) is 0. The molecule has 0 aliphatic carbocycles. The van der Waals surface area contributed by atoms with E-state index in [0.717, 1.165) is 20.6 Å². The molecular formula is C7H8BrNS. The molecule has 1 aromatic rings. The highest BCUT2D eigenvalue weighted by atomic mass is 79.9. The first-order chi connectivity index (χ1) is 4.61. The molecular weight excluding hydrogens is 210 g/mol. The maximum atomic E-state index is 5.59. The summed E-state index contributed by atoms with van der Waals surface area (Å²) in [6.45, 7) is 1.99. The molecule has 0 unspecified atom stereocenters. The lowest BCUT2D eigenvalue weighted by Gasteiger charge is -2.01. The number of nitrogen functional groups attached to an aromatic ring is 1. The Hall–Kier alpha value is -0.150. The first-order valence-corrected chi connectivity index (χ1v) is 4.10. The van der Waals surface area contributed by atoms with Gasteiger partial charge in [-0.05, 0) is 24.6 Å². The van der Waals surface area contributed by atoms with Crippen LogP contribution in [-0.4, -0.2) is 0 Å². The average Bonchev–Trinajstić information content (AvgIpc) is 1.84. The molecule has 0 atom stereocenters. The molecule has 0 aliphatic rings. The van der Waals surface area contributed by atoms with Crippen LogP contribution in [0.2, 0.25) is 0 Å². The largest absolute Gasteiger partial charge is 0.398 e. The number of anilines is 1. The van der Waals surface area contributed by atoms with Crippen LogP contribution in [-0.2, 0) is 0 Å². The molecule has 54 valence electrons. The van der Waals surface area contributed by atoms with E-state index in [1.165, 1.54) is 0 Å². The van der Waals surface area contributed by atoms with Crippen LogP contribution in [0.1, 0.15) is 5.56 Å². The van der Waals surface area contributed by atoms with Gasteiger partial charge in [0.1, 0.15) is 0 Å². The Labute approximate surface area is 74.2 Å². The van der Waals surface area contributed by atoms with Gasteiger partial charge in [-0.15, -0.1) is 12.6 Å². The summed E-state index contributed by atoms with van der Waals surface area (Å²) in [6, 6.07) is 3.79. The SMILES string of the molecule is Cc1cc(N)c(S)cc1Br. The van der Waals surface area contributed by atoms with Crippen molar-refractivity contribution in [2.45, 2.75) is 11.8 Å². The van der Waals surface area contributed by atoms with Crippen LogP contribution in [0.3, 0.4) is 0 Å². The quantitative estimate of drug-likeness (QED) is 0.508. The van der Waals surface area contributed by atoms with Gasteiger partial charge in [-0.25, -0.2) is 0 Å². The Bertz CT molecular complexity index is 210. The number of hydrogen-bond donors (Lipinski definition) is 2. The van der Waals surface area contributed by atoms with E-state index in [0.29, 0.717) is 0 Å². The predicted octanol–water partition coefficient (Wildman–Crippen LogP) is 2.63. The molecule has 1 rings (SSSR count). The third kappa shape index (κ3) is 1.47. The van der Waals surface area contributed by atoms with E-state index < -0.39 is 0 Å². The second-order valence-corrected chi connectivity index (χ2v) is 3.50. The molecule has 0 spiro atoms. The van der Waals surface area contributed by atoms with Crippen molar-refractivity contribution in [2.75, 3.05) is 5.73 Å². The Morgan fingerprint density at radius 2 is 2.10 bits per heavy atom. The van der Waals surface area contributed by atoms with Crippen LogP contribution in [0, 0.1) is 6.92 Å². The highest BCUT2D eigenvalue weighted by molar-refractivity contribution is 9.10. The Morgan fingerprint density at radius 3 is 2.60 bits per heavy atom. The van der Waals surface area contributed by atoms with Crippen LogP contribution >= 0.6 is 28.6 Å². The summed E-state index contributed by atoms with van der Waals surface area (Å²) in [5, 5.41) is 0. The topological polar surface area (TPSA) is 26.0 Å². The second-order valence-electron chi connectivity index (χ2n) is 2.16. The van der Waals surface area contributed by atoms with E-state index in [9.17, 15) is 0 Å². The van der Waals surface area contributed by atoms with Crippen molar-refractivity contribution in [3.8, 4) is 0 Å². The first kappa shape index (κ1) is 7.95.